The van der Waals surface area contributed by atoms with E-state index in [0.29, 0.717) is 32.7 Å². The molecule has 6 heteroatoms. The number of amides is 1. The number of nitrogens with one attached hydrogen (secondary N) is 1. The van der Waals surface area contributed by atoms with Crippen LogP contribution in [0.2, 0.25) is 15.1 Å². The second kappa shape index (κ2) is 10.6. The molecule has 0 saturated heterocycles. The molecule has 0 atom stereocenters. The number of hydrogen-bond acceptors (Lipinski definition) is 2. The SMILES string of the molecule is C.CN(C)CCNC(=O)c1ccc(/C=C/c2c(Cl)cc(Cl)cc2Cl)cc1. The zero-order chi connectivity index (χ0) is 18.4. The van der Waals surface area contributed by atoms with Crippen molar-refractivity contribution in [1.82, 2.24) is 10.2 Å². The predicted molar refractivity (Wildman–Crippen MR) is 114 cm³/mol. The van der Waals surface area contributed by atoms with Gasteiger partial charge in [0.05, 0.1) is 10.0 Å². The van der Waals surface area contributed by atoms with Gasteiger partial charge in [-0.15, -0.1) is 0 Å². The Morgan fingerprint density at radius 3 is 2.15 bits per heavy atom. The van der Waals surface area contributed by atoms with E-state index in [2.05, 4.69) is 5.32 Å². The summed E-state index contributed by atoms with van der Waals surface area (Å²) in [4.78, 5) is 14.1. The normalized spacial score (nSPS) is 10.8. The molecular weight excluding hydrogens is 391 g/mol. The summed E-state index contributed by atoms with van der Waals surface area (Å²) in [5, 5.41) is 4.36. The van der Waals surface area contributed by atoms with Crippen molar-refractivity contribution in [3.05, 3.63) is 68.2 Å². The van der Waals surface area contributed by atoms with E-state index in [4.69, 9.17) is 34.8 Å². The number of carbonyl (C=O) groups excluding carboxylic acids is 1. The molecule has 2 aromatic rings. The minimum atomic E-state index is -0.0823. The summed E-state index contributed by atoms with van der Waals surface area (Å²) in [5.74, 6) is -0.0823. The molecule has 0 saturated carbocycles. The molecule has 0 heterocycles. The molecule has 0 aliphatic heterocycles. The number of benzene rings is 2. The highest BCUT2D eigenvalue weighted by atomic mass is 35.5. The molecule has 0 radical (unpaired) electrons. The molecule has 0 spiro atoms. The highest BCUT2D eigenvalue weighted by molar-refractivity contribution is 6.40. The fourth-order valence-electron chi connectivity index (χ4n) is 2.13. The van der Waals surface area contributed by atoms with Crippen LogP contribution in [0.1, 0.15) is 28.9 Å². The Labute approximate surface area is 170 Å². The van der Waals surface area contributed by atoms with Crippen LogP contribution in [0.15, 0.2) is 36.4 Å². The standard InChI is InChI=1S/C19H19Cl3N2O.CH4/c1-24(2)10-9-23-19(25)14-6-3-13(4-7-14)5-8-16-17(21)11-15(20)12-18(16)22;/h3-8,11-12H,9-10H2,1-2H3,(H,23,25);1H4/b8-5+;. The molecule has 3 nitrogen and oxygen atoms in total. The van der Waals surface area contributed by atoms with E-state index in [1.54, 1.807) is 24.3 Å². The molecule has 0 unspecified atom stereocenters. The Morgan fingerprint density at radius 2 is 1.62 bits per heavy atom. The van der Waals surface area contributed by atoms with Gasteiger partial charge in [-0.3, -0.25) is 4.79 Å². The molecule has 0 aliphatic rings. The molecule has 0 aromatic heterocycles. The van der Waals surface area contributed by atoms with Crippen molar-refractivity contribution in [2.45, 2.75) is 7.43 Å². The van der Waals surface area contributed by atoms with Crippen LogP contribution in [0, 0.1) is 0 Å². The first-order valence-corrected chi connectivity index (χ1v) is 8.86. The third-order valence-corrected chi connectivity index (χ3v) is 4.35. The van der Waals surface area contributed by atoms with Crippen LogP contribution in [0.5, 0.6) is 0 Å². The monoisotopic (exact) mass is 412 g/mol. The first-order valence-electron chi connectivity index (χ1n) is 7.72. The van der Waals surface area contributed by atoms with Crippen LogP contribution in [-0.4, -0.2) is 38.0 Å². The number of likely N-dealkylation sites (N-methyl/N-ethyl adjacent to an activating group) is 1. The van der Waals surface area contributed by atoms with Gasteiger partial charge in [0, 0.05) is 29.2 Å². The number of halogens is 3. The second-order valence-electron chi connectivity index (χ2n) is 5.80. The van der Waals surface area contributed by atoms with E-state index in [0.717, 1.165) is 12.1 Å². The molecule has 0 fully saturated rings. The van der Waals surface area contributed by atoms with Gasteiger partial charge in [-0.25, -0.2) is 0 Å². The van der Waals surface area contributed by atoms with Gasteiger partial charge in [0.15, 0.2) is 0 Å². The molecule has 1 amide bonds. The maximum Gasteiger partial charge on any atom is 0.251 e. The smallest absolute Gasteiger partial charge is 0.251 e. The summed E-state index contributed by atoms with van der Waals surface area (Å²) in [6.45, 7) is 1.41. The molecular formula is C20H23Cl3N2O. The Kier molecular flexibility index (Phi) is 9.17. The summed E-state index contributed by atoms with van der Waals surface area (Å²) in [7, 11) is 3.93. The van der Waals surface area contributed by atoms with Gasteiger partial charge in [-0.2, -0.15) is 0 Å². The lowest BCUT2D eigenvalue weighted by atomic mass is 10.1. The molecule has 2 aromatic carbocycles. The van der Waals surface area contributed by atoms with Crippen molar-refractivity contribution < 1.29 is 4.79 Å². The molecule has 26 heavy (non-hydrogen) atoms. The minimum absolute atomic E-state index is 0. The Balaban J connectivity index is 0.00000338. The highest BCUT2D eigenvalue weighted by Crippen LogP contribution is 2.30. The van der Waals surface area contributed by atoms with Crippen molar-refractivity contribution >= 4 is 52.9 Å². The van der Waals surface area contributed by atoms with E-state index < -0.39 is 0 Å². The lowest BCUT2D eigenvalue weighted by Crippen LogP contribution is -2.31. The number of nitrogens with zero attached hydrogens (tertiary/aromatic N) is 1. The quantitative estimate of drug-likeness (QED) is 0.612. The van der Waals surface area contributed by atoms with Crippen LogP contribution in [0.4, 0.5) is 0 Å². The van der Waals surface area contributed by atoms with Crippen LogP contribution in [-0.2, 0) is 0 Å². The van der Waals surface area contributed by atoms with Crippen LogP contribution >= 0.6 is 34.8 Å². The molecule has 140 valence electrons. The maximum atomic E-state index is 12.0. The van der Waals surface area contributed by atoms with Gasteiger partial charge >= 0.3 is 0 Å². The molecule has 2 rings (SSSR count). The lowest BCUT2D eigenvalue weighted by molar-refractivity contribution is 0.0951. The predicted octanol–water partition coefficient (Wildman–Crippen LogP) is 5.74. The van der Waals surface area contributed by atoms with E-state index in [1.807, 2.05) is 43.3 Å². The van der Waals surface area contributed by atoms with E-state index >= 15 is 0 Å². The summed E-state index contributed by atoms with van der Waals surface area (Å²) in [6, 6.07) is 10.6. The van der Waals surface area contributed by atoms with E-state index in [9.17, 15) is 4.79 Å². The first kappa shape index (κ1) is 22.5. The Morgan fingerprint density at radius 1 is 1.04 bits per heavy atom. The lowest BCUT2D eigenvalue weighted by Gasteiger charge is -2.10. The minimum Gasteiger partial charge on any atom is -0.351 e. The highest BCUT2D eigenvalue weighted by Gasteiger charge is 2.06. The van der Waals surface area contributed by atoms with Crippen molar-refractivity contribution in [1.29, 1.82) is 0 Å². The average molecular weight is 414 g/mol. The van der Waals surface area contributed by atoms with Crippen LogP contribution in [0.25, 0.3) is 12.2 Å². The summed E-state index contributed by atoms with van der Waals surface area (Å²) in [5.41, 5.74) is 2.27. The van der Waals surface area contributed by atoms with Crippen LogP contribution in [0.3, 0.4) is 0 Å². The van der Waals surface area contributed by atoms with Crippen molar-refractivity contribution in [3.63, 3.8) is 0 Å². The molecule has 0 bridgehead atoms. The van der Waals surface area contributed by atoms with Crippen LogP contribution < -0.4 is 5.32 Å². The van der Waals surface area contributed by atoms with Gasteiger partial charge in [-0.05, 0) is 43.9 Å². The number of rotatable bonds is 6. The van der Waals surface area contributed by atoms with Gasteiger partial charge in [-0.1, -0.05) is 66.5 Å². The zero-order valence-electron chi connectivity index (χ0n) is 14.0. The topological polar surface area (TPSA) is 32.3 Å². The second-order valence-corrected chi connectivity index (χ2v) is 7.05. The Hall–Kier alpha value is -1.52. The van der Waals surface area contributed by atoms with E-state index in [1.165, 1.54) is 0 Å². The van der Waals surface area contributed by atoms with Gasteiger partial charge in [0.25, 0.3) is 5.91 Å². The molecule has 1 N–H and O–H groups in total. The van der Waals surface area contributed by atoms with Gasteiger partial charge in [0.1, 0.15) is 0 Å². The van der Waals surface area contributed by atoms with Crippen molar-refractivity contribution in [2.24, 2.45) is 0 Å². The first-order chi connectivity index (χ1) is 11.9. The fraction of sp³-hybridized carbons (Fsp3) is 0.250. The van der Waals surface area contributed by atoms with Crippen molar-refractivity contribution in [3.8, 4) is 0 Å². The maximum absolute atomic E-state index is 12.0. The summed E-state index contributed by atoms with van der Waals surface area (Å²) < 4.78 is 0. The van der Waals surface area contributed by atoms with Gasteiger partial charge in [0.2, 0.25) is 0 Å². The third kappa shape index (κ3) is 6.65. The summed E-state index contributed by atoms with van der Waals surface area (Å²) in [6.07, 6.45) is 3.71. The molecule has 0 aliphatic carbocycles. The van der Waals surface area contributed by atoms with Crippen molar-refractivity contribution in [2.75, 3.05) is 27.2 Å². The summed E-state index contributed by atoms with van der Waals surface area (Å²) >= 11 is 18.2. The Bertz CT molecular complexity index is 748. The van der Waals surface area contributed by atoms with E-state index in [-0.39, 0.29) is 13.3 Å². The third-order valence-electron chi connectivity index (χ3n) is 3.50. The average Bonchev–Trinajstić information content (AvgIpc) is 2.54. The number of carbonyl (C=O) groups is 1. The fourth-order valence-corrected chi connectivity index (χ4v) is 3.08. The largest absolute Gasteiger partial charge is 0.351 e. The van der Waals surface area contributed by atoms with Gasteiger partial charge < -0.3 is 10.2 Å². The number of hydrogen-bond donors (Lipinski definition) is 1. The zero-order valence-corrected chi connectivity index (χ0v) is 16.3.